The van der Waals surface area contributed by atoms with Crippen LogP contribution in [-0.4, -0.2) is 31.7 Å². The number of aryl methyl sites for hydroxylation is 1. The molecule has 0 aromatic carbocycles. The Hall–Kier alpha value is -3.12. The molecule has 3 aromatic heterocycles. The van der Waals surface area contributed by atoms with Gasteiger partial charge in [0.2, 0.25) is 11.8 Å². The van der Waals surface area contributed by atoms with E-state index in [0.29, 0.717) is 17.5 Å². The van der Waals surface area contributed by atoms with Crippen molar-refractivity contribution in [3.05, 3.63) is 40.2 Å². The van der Waals surface area contributed by atoms with Crippen molar-refractivity contribution >= 4 is 23.3 Å². The molecule has 2 fully saturated rings. The van der Waals surface area contributed by atoms with Gasteiger partial charge in [-0.3, -0.25) is 9.89 Å². The van der Waals surface area contributed by atoms with Crippen LogP contribution in [-0.2, 0) is 16.6 Å². The van der Waals surface area contributed by atoms with E-state index in [1.807, 2.05) is 13.0 Å². The topological polar surface area (TPSA) is 106 Å². The molecule has 1 amide bonds. The summed E-state index contributed by atoms with van der Waals surface area (Å²) in [7, 11) is 0. The maximum atomic E-state index is 12.2. The first kappa shape index (κ1) is 22.1. The largest absolute Gasteiger partial charge is 0.474 e. The summed E-state index contributed by atoms with van der Waals surface area (Å²) in [5.74, 6) is 2.35. The van der Waals surface area contributed by atoms with E-state index in [9.17, 15) is 4.79 Å². The lowest BCUT2D eigenvalue weighted by atomic mass is 9.85. The van der Waals surface area contributed by atoms with E-state index in [1.54, 1.807) is 6.07 Å². The third-order valence-corrected chi connectivity index (χ3v) is 6.69. The van der Waals surface area contributed by atoms with Crippen molar-refractivity contribution in [3.8, 4) is 18.7 Å². The minimum atomic E-state index is -0.182. The second-order valence-corrected chi connectivity index (χ2v) is 9.35. The molecular weight excluding hydrogens is 426 g/mol. The number of anilines is 1. The van der Waals surface area contributed by atoms with Crippen LogP contribution in [0.25, 0.3) is 0 Å². The number of hydrogen-bond donors (Lipinski definition) is 2. The lowest BCUT2D eigenvalue weighted by molar-refractivity contribution is -0.115. The van der Waals surface area contributed by atoms with Crippen molar-refractivity contribution < 1.29 is 14.1 Å². The number of H-pyrrole nitrogens is 1. The van der Waals surface area contributed by atoms with Gasteiger partial charge in [-0.05, 0) is 56.5 Å². The number of amides is 1. The molecule has 2 saturated carbocycles. The summed E-state index contributed by atoms with van der Waals surface area (Å²) in [6, 6.07) is 3.68. The smallest absolute Gasteiger partial charge is 0.233 e. The van der Waals surface area contributed by atoms with Gasteiger partial charge >= 0.3 is 0 Å². The van der Waals surface area contributed by atoms with E-state index < -0.39 is 0 Å². The van der Waals surface area contributed by atoms with Gasteiger partial charge < -0.3 is 14.6 Å². The van der Waals surface area contributed by atoms with E-state index >= 15 is 0 Å². The molecule has 0 aliphatic heterocycles. The van der Waals surface area contributed by atoms with E-state index in [-0.39, 0.29) is 23.8 Å². The Kier molecular flexibility index (Phi) is 6.33. The number of ether oxygens (including phenoxy) is 1. The number of carbonyl (C=O) groups is 1. The van der Waals surface area contributed by atoms with Crippen molar-refractivity contribution in [1.82, 2.24) is 19.7 Å². The van der Waals surface area contributed by atoms with E-state index in [1.165, 1.54) is 29.9 Å². The van der Waals surface area contributed by atoms with Gasteiger partial charge in [-0.1, -0.05) is 12.1 Å². The Labute approximate surface area is 191 Å². The third kappa shape index (κ3) is 4.86. The highest BCUT2D eigenvalue weighted by atomic mass is 32.1. The fraction of sp³-hybridized carbons (Fsp3) is 0.478. The molecule has 9 heteroatoms. The highest BCUT2D eigenvalue weighted by Crippen LogP contribution is 2.47. The first-order chi connectivity index (χ1) is 15.5. The standard InChI is InChI=1S/C21H25N5O3S.C2H2/c1-12-7-15(29-25-12)8-19(27)22-18-9-17(23-24-18)21(2)6-5-14(10-21)28-20-16(11-30-26-20)13-3-4-13;1-2/h7,9,11,13-14H,3-6,8,10H2,1-2H3,(H2,22,23,24,27);1-2H. The number of rotatable bonds is 7. The average Bonchev–Trinajstić information content (AvgIpc) is 3.13. The summed E-state index contributed by atoms with van der Waals surface area (Å²) in [4.78, 5) is 12.2. The predicted octanol–water partition coefficient (Wildman–Crippen LogP) is 4.36. The summed E-state index contributed by atoms with van der Waals surface area (Å²) in [5, 5.41) is 16.2. The number of nitrogens with zero attached hydrogens (tertiary/aromatic N) is 3. The van der Waals surface area contributed by atoms with Crippen LogP contribution in [0.15, 0.2) is 22.0 Å². The minimum Gasteiger partial charge on any atom is -0.474 e. The number of aromatic amines is 1. The van der Waals surface area contributed by atoms with Crippen molar-refractivity contribution in [1.29, 1.82) is 0 Å². The van der Waals surface area contributed by atoms with Crippen molar-refractivity contribution in [2.45, 2.75) is 69.8 Å². The molecule has 2 unspecified atom stereocenters. The molecule has 2 atom stereocenters. The summed E-state index contributed by atoms with van der Waals surface area (Å²) in [5.41, 5.74) is 2.98. The summed E-state index contributed by atoms with van der Waals surface area (Å²) in [6.07, 6.45) is 13.6. The molecule has 8 nitrogen and oxygen atoms in total. The van der Waals surface area contributed by atoms with Gasteiger partial charge in [0.25, 0.3) is 0 Å². The minimum absolute atomic E-state index is 0.0710. The van der Waals surface area contributed by atoms with Gasteiger partial charge in [-0.2, -0.15) is 9.47 Å². The fourth-order valence-corrected chi connectivity index (χ4v) is 4.92. The number of hydrogen-bond acceptors (Lipinski definition) is 7. The predicted molar refractivity (Wildman–Crippen MR) is 122 cm³/mol. The van der Waals surface area contributed by atoms with Crippen LogP contribution < -0.4 is 10.1 Å². The summed E-state index contributed by atoms with van der Waals surface area (Å²) in [6.45, 7) is 4.04. The van der Waals surface area contributed by atoms with E-state index in [0.717, 1.165) is 36.5 Å². The number of terminal acetylenes is 1. The fourth-order valence-electron chi connectivity index (χ4n) is 4.22. The molecule has 168 valence electrons. The maximum absolute atomic E-state index is 12.2. The quantitative estimate of drug-likeness (QED) is 0.515. The molecule has 2 aliphatic rings. The second kappa shape index (κ2) is 9.17. The molecule has 2 N–H and O–H groups in total. The van der Waals surface area contributed by atoms with Gasteiger partial charge in [0.15, 0.2) is 5.82 Å². The third-order valence-electron chi connectivity index (χ3n) is 6.06. The molecule has 3 aromatic rings. The van der Waals surface area contributed by atoms with E-state index in [4.69, 9.17) is 9.26 Å². The first-order valence-corrected chi connectivity index (χ1v) is 11.5. The zero-order chi connectivity index (χ0) is 22.7. The molecule has 0 spiro atoms. The normalized spacial score (nSPS) is 22.2. The van der Waals surface area contributed by atoms with Crippen molar-refractivity contribution in [3.63, 3.8) is 0 Å². The summed E-state index contributed by atoms with van der Waals surface area (Å²) >= 11 is 1.48. The highest BCUT2D eigenvalue weighted by molar-refractivity contribution is 7.03. The van der Waals surface area contributed by atoms with Crippen LogP contribution in [0.4, 0.5) is 5.82 Å². The van der Waals surface area contributed by atoms with Crippen LogP contribution in [0.3, 0.4) is 0 Å². The van der Waals surface area contributed by atoms with Crippen LogP contribution in [0.1, 0.15) is 67.7 Å². The Morgan fingerprint density at radius 3 is 2.91 bits per heavy atom. The highest BCUT2D eigenvalue weighted by Gasteiger charge is 2.40. The van der Waals surface area contributed by atoms with Crippen molar-refractivity contribution in [2.24, 2.45) is 0 Å². The van der Waals surface area contributed by atoms with Gasteiger partial charge in [0.1, 0.15) is 11.9 Å². The first-order valence-electron chi connectivity index (χ1n) is 10.7. The Morgan fingerprint density at radius 1 is 1.38 bits per heavy atom. The Balaban J connectivity index is 0.00000119. The molecule has 0 bridgehead atoms. The number of carbonyl (C=O) groups excluding carboxylic acids is 1. The molecule has 32 heavy (non-hydrogen) atoms. The number of aromatic nitrogens is 4. The lowest BCUT2D eigenvalue weighted by Gasteiger charge is -2.22. The molecule has 2 aliphatic carbocycles. The molecular formula is C23H27N5O3S. The molecule has 0 radical (unpaired) electrons. The SMILES string of the molecule is C#C.Cc1cc(CC(=O)Nc2cc(C3(C)CCC(Oc4nscc4C4CC4)C3)[nH]n2)on1. The lowest BCUT2D eigenvalue weighted by Crippen LogP contribution is -2.22. The average molecular weight is 454 g/mol. The van der Waals surface area contributed by atoms with Gasteiger partial charge in [-0.15, -0.1) is 12.8 Å². The zero-order valence-electron chi connectivity index (χ0n) is 18.3. The Morgan fingerprint density at radius 2 is 2.19 bits per heavy atom. The van der Waals surface area contributed by atoms with Crippen molar-refractivity contribution in [2.75, 3.05) is 5.32 Å². The van der Waals surface area contributed by atoms with Crippen LogP contribution >= 0.6 is 11.5 Å². The maximum Gasteiger partial charge on any atom is 0.233 e. The van der Waals surface area contributed by atoms with Crippen LogP contribution in [0, 0.1) is 19.8 Å². The Bertz CT molecular complexity index is 1100. The van der Waals surface area contributed by atoms with Gasteiger partial charge in [-0.25, -0.2) is 0 Å². The van der Waals surface area contributed by atoms with Crippen LogP contribution in [0.5, 0.6) is 5.88 Å². The number of nitrogens with one attached hydrogen (secondary N) is 2. The molecule has 3 heterocycles. The van der Waals surface area contributed by atoms with Gasteiger partial charge in [0, 0.05) is 34.2 Å². The second-order valence-electron chi connectivity index (χ2n) is 8.72. The monoisotopic (exact) mass is 453 g/mol. The summed E-state index contributed by atoms with van der Waals surface area (Å²) < 4.78 is 15.9. The molecule has 0 saturated heterocycles. The van der Waals surface area contributed by atoms with Crippen LogP contribution in [0.2, 0.25) is 0 Å². The van der Waals surface area contributed by atoms with E-state index in [2.05, 4.69) is 50.2 Å². The zero-order valence-corrected chi connectivity index (χ0v) is 19.1. The van der Waals surface area contributed by atoms with Gasteiger partial charge in [0.05, 0.1) is 12.1 Å². The molecule has 5 rings (SSSR count).